The SMILES string of the molecule is CC(NC(=O)c1ccc(Cl)cc1)C(=O)N1CCC(C(C)N)CC1.Cl. The van der Waals surface area contributed by atoms with E-state index in [9.17, 15) is 9.59 Å². The minimum absolute atomic E-state index is 0. The highest BCUT2D eigenvalue weighted by Crippen LogP contribution is 2.20. The normalized spacial score (nSPS) is 17.6. The molecule has 0 saturated carbocycles. The maximum atomic E-state index is 12.5. The Morgan fingerprint density at radius 2 is 1.75 bits per heavy atom. The van der Waals surface area contributed by atoms with Crippen LogP contribution in [0.4, 0.5) is 0 Å². The number of halogens is 2. The van der Waals surface area contributed by atoms with Gasteiger partial charge in [-0.1, -0.05) is 11.6 Å². The predicted octanol–water partition coefficient (Wildman–Crippen LogP) is 2.47. The van der Waals surface area contributed by atoms with E-state index in [1.165, 1.54) is 0 Å². The van der Waals surface area contributed by atoms with E-state index in [-0.39, 0.29) is 30.3 Å². The van der Waals surface area contributed by atoms with Crippen LogP contribution in [-0.2, 0) is 4.79 Å². The number of piperidine rings is 1. The van der Waals surface area contributed by atoms with Crippen molar-refractivity contribution in [3.8, 4) is 0 Å². The highest BCUT2D eigenvalue weighted by Gasteiger charge is 2.28. The second-order valence-electron chi connectivity index (χ2n) is 6.22. The summed E-state index contributed by atoms with van der Waals surface area (Å²) < 4.78 is 0. The van der Waals surface area contributed by atoms with Gasteiger partial charge in [0.05, 0.1) is 0 Å². The number of carbonyl (C=O) groups is 2. The van der Waals surface area contributed by atoms with Crippen LogP contribution in [0, 0.1) is 5.92 Å². The van der Waals surface area contributed by atoms with Crippen molar-refractivity contribution in [3.63, 3.8) is 0 Å². The minimum Gasteiger partial charge on any atom is -0.341 e. The van der Waals surface area contributed by atoms with Crippen LogP contribution in [0.5, 0.6) is 0 Å². The molecule has 1 aliphatic rings. The molecule has 3 N–H and O–H groups in total. The lowest BCUT2D eigenvalue weighted by Crippen LogP contribution is -2.50. The van der Waals surface area contributed by atoms with Crippen molar-refractivity contribution in [2.45, 2.75) is 38.8 Å². The second kappa shape index (κ2) is 9.25. The Balaban J connectivity index is 0.00000288. The van der Waals surface area contributed by atoms with Crippen LogP contribution in [-0.4, -0.2) is 41.9 Å². The number of hydrogen-bond donors (Lipinski definition) is 2. The highest BCUT2D eigenvalue weighted by molar-refractivity contribution is 6.30. The molecular formula is C17H25Cl2N3O2. The van der Waals surface area contributed by atoms with Gasteiger partial charge in [0.1, 0.15) is 6.04 Å². The molecule has 5 nitrogen and oxygen atoms in total. The Morgan fingerprint density at radius 3 is 2.25 bits per heavy atom. The number of likely N-dealkylation sites (tertiary alicyclic amines) is 1. The van der Waals surface area contributed by atoms with Crippen LogP contribution in [0.2, 0.25) is 5.02 Å². The zero-order valence-corrected chi connectivity index (χ0v) is 15.6. The van der Waals surface area contributed by atoms with Gasteiger partial charge in [-0.25, -0.2) is 0 Å². The lowest BCUT2D eigenvalue weighted by Gasteiger charge is -2.35. The Labute approximate surface area is 154 Å². The first-order chi connectivity index (χ1) is 10.9. The molecular weight excluding hydrogens is 349 g/mol. The lowest BCUT2D eigenvalue weighted by atomic mass is 9.91. The van der Waals surface area contributed by atoms with Gasteiger partial charge in [-0.15, -0.1) is 12.4 Å². The minimum atomic E-state index is -0.551. The lowest BCUT2D eigenvalue weighted by molar-refractivity contribution is -0.134. The van der Waals surface area contributed by atoms with E-state index in [2.05, 4.69) is 5.32 Å². The molecule has 1 saturated heterocycles. The molecule has 24 heavy (non-hydrogen) atoms. The van der Waals surface area contributed by atoms with Crippen molar-refractivity contribution >= 4 is 35.8 Å². The van der Waals surface area contributed by atoms with Crippen molar-refractivity contribution in [1.29, 1.82) is 0 Å². The number of amides is 2. The van der Waals surface area contributed by atoms with Gasteiger partial charge in [-0.3, -0.25) is 9.59 Å². The summed E-state index contributed by atoms with van der Waals surface area (Å²) >= 11 is 5.81. The fraction of sp³-hybridized carbons (Fsp3) is 0.529. The molecule has 134 valence electrons. The standard InChI is InChI=1S/C17H24ClN3O2.ClH/c1-11(19)13-7-9-21(10-8-13)17(23)12(2)20-16(22)14-3-5-15(18)6-4-14;/h3-6,11-13H,7-10,19H2,1-2H3,(H,20,22);1H. The molecule has 1 aliphatic heterocycles. The molecule has 1 aromatic rings. The first kappa shape index (κ1) is 20.7. The predicted molar refractivity (Wildman–Crippen MR) is 98.6 cm³/mol. The summed E-state index contributed by atoms with van der Waals surface area (Å²) in [6.07, 6.45) is 1.84. The largest absolute Gasteiger partial charge is 0.341 e. The van der Waals surface area contributed by atoms with E-state index in [0.717, 1.165) is 12.8 Å². The molecule has 0 aliphatic carbocycles. The highest BCUT2D eigenvalue weighted by atomic mass is 35.5. The van der Waals surface area contributed by atoms with Crippen LogP contribution in [0.15, 0.2) is 24.3 Å². The third kappa shape index (κ3) is 5.36. The van der Waals surface area contributed by atoms with E-state index >= 15 is 0 Å². The van der Waals surface area contributed by atoms with Gasteiger partial charge in [-0.05, 0) is 56.9 Å². The summed E-state index contributed by atoms with van der Waals surface area (Å²) in [6, 6.07) is 6.20. The number of benzene rings is 1. The maximum Gasteiger partial charge on any atom is 0.251 e. The van der Waals surface area contributed by atoms with E-state index < -0.39 is 6.04 Å². The van der Waals surface area contributed by atoms with Gasteiger partial charge in [-0.2, -0.15) is 0 Å². The second-order valence-corrected chi connectivity index (χ2v) is 6.66. The molecule has 2 atom stereocenters. The van der Waals surface area contributed by atoms with Crippen molar-refractivity contribution in [1.82, 2.24) is 10.2 Å². The zero-order valence-electron chi connectivity index (χ0n) is 14.0. The smallest absolute Gasteiger partial charge is 0.251 e. The van der Waals surface area contributed by atoms with Gasteiger partial charge >= 0.3 is 0 Å². The van der Waals surface area contributed by atoms with E-state index in [4.69, 9.17) is 17.3 Å². The van der Waals surface area contributed by atoms with Crippen LogP contribution in [0.1, 0.15) is 37.0 Å². The monoisotopic (exact) mass is 373 g/mol. The summed E-state index contributed by atoms with van der Waals surface area (Å²) in [5.41, 5.74) is 6.41. The molecule has 1 aromatic carbocycles. The Morgan fingerprint density at radius 1 is 1.21 bits per heavy atom. The van der Waals surface area contributed by atoms with Gasteiger partial charge in [0.2, 0.25) is 5.91 Å². The van der Waals surface area contributed by atoms with Gasteiger partial charge < -0.3 is 16.0 Å². The summed E-state index contributed by atoms with van der Waals surface area (Å²) in [5, 5.41) is 3.32. The maximum absolute atomic E-state index is 12.5. The summed E-state index contributed by atoms with van der Waals surface area (Å²) in [4.78, 5) is 26.4. The summed E-state index contributed by atoms with van der Waals surface area (Å²) in [6.45, 7) is 5.13. The third-order valence-corrected chi connectivity index (χ3v) is 4.67. The molecule has 0 aromatic heterocycles. The van der Waals surface area contributed by atoms with Gasteiger partial charge in [0.15, 0.2) is 0 Å². The molecule has 0 bridgehead atoms. The number of rotatable bonds is 4. The molecule has 2 unspecified atom stereocenters. The summed E-state index contributed by atoms with van der Waals surface area (Å²) in [5.74, 6) is 0.154. The molecule has 2 amide bonds. The number of nitrogens with two attached hydrogens (primary N) is 1. The van der Waals surface area contributed by atoms with E-state index in [1.807, 2.05) is 11.8 Å². The van der Waals surface area contributed by atoms with Gasteiger partial charge in [0.25, 0.3) is 5.91 Å². The van der Waals surface area contributed by atoms with Crippen molar-refractivity contribution in [2.75, 3.05) is 13.1 Å². The van der Waals surface area contributed by atoms with Crippen LogP contribution in [0.3, 0.4) is 0 Å². The van der Waals surface area contributed by atoms with Crippen LogP contribution in [0.25, 0.3) is 0 Å². The Bertz CT molecular complexity index is 555. The van der Waals surface area contributed by atoms with Crippen LogP contribution >= 0.6 is 24.0 Å². The fourth-order valence-electron chi connectivity index (χ4n) is 2.86. The van der Waals surface area contributed by atoms with E-state index in [1.54, 1.807) is 31.2 Å². The Hall–Kier alpha value is -1.30. The molecule has 0 spiro atoms. The average molecular weight is 374 g/mol. The molecule has 7 heteroatoms. The molecule has 0 radical (unpaired) electrons. The first-order valence-electron chi connectivity index (χ1n) is 7.99. The van der Waals surface area contributed by atoms with E-state index in [0.29, 0.717) is 29.6 Å². The Kier molecular flexibility index (Phi) is 8.00. The number of nitrogens with one attached hydrogen (secondary N) is 1. The number of carbonyl (C=O) groups excluding carboxylic acids is 2. The first-order valence-corrected chi connectivity index (χ1v) is 8.37. The third-order valence-electron chi connectivity index (χ3n) is 4.42. The van der Waals surface area contributed by atoms with Crippen molar-refractivity contribution in [3.05, 3.63) is 34.9 Å². The average Bonchev–Trinajstić information content (AvgIpc) is 2.54. The molecule has 1 fully saturated rings. The van der Waals surface area contributed by atoms with Gasteiger partial charge in [0, 0.05) is 29.7 Å². The number of nitrogens with zero attached hydrogens (tertiary/aromatic N) is 1. The van der Waals surface area contributed by atoms with Crippen molar-refractivity contribution < 1.29 is 9.59 Å². The van der Waals surface area contributed by atoms with Crippen molar-refractivity contribution in [2.24, 2.45) is 11.7 Å². The topological polar surface area (TPSA) is 75.4 Å². The zero-order chi connectivity index (χ0) is 17.0. The molecule has 1 heterocycles. The quantitative estimate of drug-likeness (QED) is 0.850. The summed E-state index contributed by atoms with van der Waals surface area (Å²) in [7, 11) is 0. The number of hydrogen-bond acceptors (Lipinski definition) is 3. The fourth-order valence-corrected chi connectivity index (χ4v) is 2.99. The van der Waals surface area contributed by atoms with Crippen LogP contribution < -0.4 is 11.1 Å². The molecule has 2 rings (SSSR count).